The molecule has 1 N–H and O–H groups in total. The van der Waals surface area contributed by atoms with Crippen LogP contribution >= 0.6 is 0 Å². The second-order valence-electron chi connectivity index (χ2n) is 9.18. The summed E-state index contributed by atoms with van der Waals surface area (Å²) in [6.07, 6.45) is 1.63. The minimum atomic E-state index is -3.73. The minimum absolute atomic E-state index is 0.0819. The van der Waals surface area contributed by atoms with Crippen LogP contribution in [0.25, 0.3) is 0 Å². The van der Waals surface area contributed by atoms with Crippen molar-refractivity contribution in [3.05, 3.63) is 65.7 Å². The standard InChI is InChI=1S/C25H35N3O4S/c1-19(24(30)26-5)27(17-16-20-10-8-7-9-11-20)23(29)18-28(33(6,31)32)22-14-12-21(13-15-22)25(2,3)4/h7-15,19H,16-18H2,1-6H3,(H,26,30)/t19-/m0/s1. The van der Waals surface area contributed by atoms with Gasteiger partial charge in [-0.1, -0.05) is 63.2 Å². The first-order valence-electron chi connectivity index (χ1n) is 11.0. The number of carbonyl (C=O) groups is 2. The van der Waals surface area contributed by atoms with Crippen molar-refractivity contribution < 1.29 is 18.0 Å². The number of nitrogens with zero attached hydrogens (tertiary/aromatic N) is 2. The molecule has 0 aromatic heterocycles. The molecule has 7 nitrogen and oxygen atoms in total. The van der Waals surface area contributed by atoms with Gasteiger partial charge in [-0.3, -0.25) is 13.9 Å². The highest BCUT2D eigenvalue weighted by Gasteiger charge is 2.29. The lowest BCUT2D eigenvalue weighted by Crippen LogP contribution is -2.51. The van der Waals surface area contributed by atoms with E-state index in [1.807, 2.05) is 42.5 Å². The highest BCUT2D eigenvalue weighted by molar-refractivity contribution is 7.92. The molecule has 2 amide bonds. The van der Waals surface area contributed by atoms with Crippen LogP contribution in [0.2, 0.25) is 0 Å². The summed E-state index contributed by atoms with van der Waals surface area (Å²) in [4.78, 5) is 27.1. The van der Waals surface area contributed by atoms with Gasteiger partial charge in [0.25, 0.3) is 0 Å². The van der Waals surface area contributed by atoms with Gasteiger partial charge in [-0.2, -0.15) is 0 Å². The van der Waals surface area contributed by atoms with Gasteiger partial charge in [-0.15, -0.1) is 0 Å². The quantitative estimate of drug-likeness (QED) is 0.607. The molecular weight excluding hydrogens is 438 g/mol. The average Bonchev–Trinajstić information content (AvgIpc) is 2.76. The van der Waals surface area contributed by atoms with Crippen molar-refractivity contribution in [2.24, 2.45) is 0 Å². The summed E-state index contributed by atoms with van der Waals surface area (Å²) in [6.45, 7) is 7.77. The Morgan fingerprint density at radius 3 is 2.06 bits per heavy atom. The van der Waals surface area contributed by atoms with E-state index < -0.39 is 22.0 Å². The fraction of sp³-hybridized carbons (Fsp3) is 0.440. The van der Waals surface area contributed by atoms with E-state index in [-0.39, 0.29) is 24.4 Å². The molecule has 0 aliphatic heterocycles. The molecule has 8 heteroatoms. The number of anilines is 1. The molecule has 2 aromatic carbocycles. The largest absolute Gasteiger partial charge is 0.357 e. The molecule has 2 aromatic rings. The molecular formula is C25H35N3O4S. The van der Waals surface area contributed by atoms with Gasteiger partial charge in [-0.05, 0) is 42.0 Å². The van der Waals surface area contributed by atoms with Crippen LogP contribution in [-0.2, 0) is 31.4 Å². The molecule has 0 spiro atoms. The van der Waals surface area contributed by atoms with Crippen molar-refractivity contribution in [1.29, 1.82) is 0 Å². The summed E-state index contributed by atoms with van der Waals surface area (Å²) >= 11 is 0. The lowest BCUT2D eigenvalue weighted by molar-refractivity contribution is -0.138. The van der Waals surface area contributed by atoms with Crippen LogP contribution in [0, 0.1) is 0 Å². The number of benzene rings is 2. The van der Waals surface area contributed by atoms with Gasteiger partial charge < -0.3 is 10.2 Å². The zero-order valence-corrected chi connectivity index (χ0v) is 21.1. The maximum absolute atomic E-state index is 13.3. The first-order valence-corrected chi connectivity index (χ1v) is 12.8. The van der Waals surface area contributed by atoms with Crippen molar-refractivity contribution >= 4 is 27.5 Å². The number of nitrogens with one attached hydrogen (secondary N) is 1. The van der Waals surface area contributed by atoms with Crippen molar-refractivity contribution in [3.63, 3.8) is 0 Å². The number of rotatable bonds is 9. The summed E-state index contributed by atoms with van der Waals surface area (Å²) < 4.78 is 26.3. The molecule has 0 radical (unpaired) electrons. The minimum Gasteiger partial charge on any atom is -0.357 e. The number of likely N-dealkylation sites (N-methyl/N-ethyl adjacent to an activating group) is 1. The fourth-order valence-electron chi connectivity index (χ4n) is 3.52. The Kier molecular flexibility index (Phi) is 8.66. The van der Waals surface area contributed by atoms with Crippen LogP contribution in [0.1, 0.15) is 38.8 Å². The highest BCUT2D eigenvalue weighted by Crippen LogP contribution is 2.26. The molecule has 0 saturated heterocycles. The Morgan fingerprint density at radius 1 is 1.00 bits per heavy atom. The average molecular weight is 474 g/mol. The van der Waals surface area contributed by atoms with E-state index in [2.05, 4.69) is 26.1 Å². The Hall–Kier alpha value is -2.87. The molecule has 0 fully saturated rings. The molecule has 0 unspecified atom stereocenters. The summed E-state index contributed by atoms with van der Waals surface area (Å²) in [7, 11) is -2.22. The highest BCUT2D eigenvalue weighted by atomic mass is 32.2. The third-order valence-corrected chi connectivity index (χ3v) is 6.74. The fourth-order valence-corrected chi connectivity index (χ4v) is 4.37. The monoisotopic (exact) mass is 473 g/mol. The number of amides is 2. The van der Waals surface area contributed by atoms with Gasteiger partial charge in [0.15, 0.2) is 0 Å². The molecule has 180 valence electrons. The van der Waals surface area contributed by atoms with Crippen LogP contribution in [0.5, 0.6) is 0 Å². The van der Waals surface area contributed by atoms with Crippen LogP contribution in [0.3, 0.4) is 0 Å². The van der Waals surface area contributed by atoms with E-state index >= 15 is 0 Å². The third kappa shape index (κ3) is 7.32. The molecule has 0 bridgehead atoms. The van der Waals surface area contributed by atoms with Crippen LogP contribution in [0.15, 0.2) is 54.6 Å². The van der Waals surface area contributed by atoms with Crippen molar-refractivity contribution in [3.8, 4) is 0 Å². The SMILES string of the molecule is CNC(=O)[C@H](C)N(CCc1ccccc1)C(=O)CN(c1ccc(C(C)(C)C)cc1)S(C)(=O)=O. The Labute approximate surface area is 197 Å². The molecule has 0 saturated carbocycles. The maximum atomic E-state index is 13.3. The Bertz CT molecular complexity index is 1050. The van der Waals surface area contributed by atoms with Gasteiger partial charge in [0.2, 0.25) is 21.8 Å². The molecule has 33 heavy (non-hydrogen) atoms. The van der Waals surface area contributed by atoms with Crippen LogP contribution in [-0.4, -0.2) is 57.6 Å². The van der Waals surface area contributed by atoms with E-state index in [1.54, 1.807) is 19.1 Å². The topological polar surface area (TPSA) is 86.8 Å². The molecule has 0 heterocycles. The van der Waals surface area contributed by atoms with Gasteiger partial charge >= 0.3 is 0 Å². The number of hydrogen-bond donors (Lipinski definition) is 1. The van der Waals surface area contributed by atoms with E-state index in [4.69, 9.17) is 0 Å². The normalized spacial score (nSPS) is 12.7. The predicted molar refractivity (Wildman–Crippen MR) is 133 cm³/mol. The first-order chi connectivity index (χ1) is 15.3. The van der Waals surface area contributed by atoms with Gasteiger partial charge in [0.1, 0.15) is 12.6 Å². The van der Waals surface area contributed by atoms with Crippen molar-refractivity contribution in [1.82, 2.24) is 10.2 Å². The van der Waals surface area contributed by atoms with E-state index in [0.717, 1.165) is 21.7 Å². The zero-order chi connectivity index (χ0) is 24.8. The lowest BCUT2D eigenvalue weighted by Gasteiger charge is -2.31. The molecule has 0 aliphatic rings. The third-order valence-electron chi connectivity index (χ3n) is 5.60. The smallest absolute Gasteiger partial charge is 0.244 e. The molecule has 1 atom stereocenters. The summed E-state index contributed by atoms with van der Waals surface area (Å²) in [6, 6.07) is 16.1. The van der Waals surface area contributed by atoms with Crippen molar-refractivity contribution in [2.75, 3.05) is 30.7 Å². The Morgan fingerprint density at radius 2 is 1.58 bits per heavy atom. The number of sulfonamides is 1. The molecule has 2 rings (SSSR count). The second kappa shape index (κ2) is 10.8. The summed E-state index contributed by atoms with van der Waals surface area (Å²) in [5.41, 5.74) is 2.41. The maximum Gasteiger partial charge on any atom is 0.244 e. The number of carbonyl (C=O) groups excluding carboxylic acids is 2. The van der Waals surface area contributed by atoms with Gasteiger partial charge in [0, 0.05) is 13.6 Å². The lowest BCUT2D eigenvalue weighted by atomic mass is 9.87. The summed E-state index contributed by atoms with van der Waals surface area (Å²) in [5.74, 6) is -0.746. The molecule has 0 aliphatic carbocycles. The van der Waals surface area contributed by atoms with E-state index in [1.165, 1.54) is 11.9 Å². The van der Waals surface area contributed by atoms with Crippen molar-refractivity contribution in [2.45, 2.75) is 45.6 Å². The number of hydrogen-bond acceptors (Lipinski definition) is 4. The predicted octanol–water partition coefficient (Wildman–Crippen LogP) is 2.96. The van der Waals surface area contributed by atoms with Gasteiger partial charge in [-0.25, -0.2) is 8.42 Å². The zero-order valence-electron chi connectivity index (χ0n) is 20.3. The van der Waals surface area contributed by atoms with Crippen LogP contribution < -0.4 is 9.62 Å². The second-order valence-corrected chi connectivity index (χ2v) is 11.1. The van der Waals surface area contributed by atoms with Gasteiger partial charge in [0.05, 0.1) is 11.9 Å². The van der Waals surface area contributed by atoms with E-state index in [9.17, 15) is 18.0 Å². The summed E-state index contributed by atoms with van der Waals surface area (Å²) in [5, 5.41) is 2.57. The Balaban J connectivity index is 2.30. The van der Waals surface area contributed by atoms with Crippen LogP contribution in [0.4, 0.5) is 5.69 Å². The van der Waals surface area contributed by atoms with E-state index in [0.29, 0.717) is 12.1 Å². The first kappa shape index (κ1) is 26.4.